The standard InChI is InChI=1S/C14H10BrClFNO/c15-13-11(2-1-3-12(13)17)14(19)18-8-9-4-6-10(16)7-5-9/h1-7H,8H2,(H,18,19). The summed E-state index contributed by atoms with van der Waals surface area (Å²) in [7, 11) is 0. The molecule has 0 bridgehead atoms. The van der Waals surface area contributed by atoms with Crippen molar-refractivity contribution >= 4 is 33.4 Å². The van der Waals surface area contributed by atoms with E-state index in [1.807, 2.05) is 12.1 Å². The molecule has 0 spiro atoms. The molecule has 2 nitrogen and oxygen atoms in total. The monoisotopic (exact) mass is 341 g/mol. The van der Waals surface area contributed by atoms with E-state index >= 15 is 0 Å². The first-order chi connectivity index (χ1) is 9.08. The summed E-state index contributed by atoms with van der Waals surface area (Å²) in [5.74, 6) is -0.791. The van der Waals surface area contributed by atoms with Crippen molar-refractivity contribution in [3.8, 4) is 0 Å². The van der Waals surface area contributed by atoms with Crippen LogP contribution in [0.1, 0.15) is 15.9 Å². The lowest BCUT2D eigenvalue weighted by Gasteiger charge is -2.07. The molecule has 0 aromatic heterocycles. The number of carbonyl (C=O) groups is 1. The van der Waals surface area contributed by atoms with Gasteiger partial charge < -0.3 is 5.32 Å². The van der Waals surface area contributed by atoms with Gasteiger partial charge in [0, 0.05) is 11.6 Å². The van der Waals surface area contributed by atoms with E-state index in [0.29, 0.717) is 11.6 Å². The smallest absolute Gasteiger partial charge is 0.252 e. The Bertz CT molecular complexity index is 601. The van der Waals surface area contributed by atoms with E-state index in [0.717, 1.165) is 5.56 Å². The largest absolute Gasteiger partial charge is 0.348 e. The quantitative estimate of drug-likeness (QED) is 0.891. The second-order valence-corrected chi connectivity index (χ2v) is 5.14. The van der Waals surface area contributed by atoms with Gasteiger partial charge in [0.2, 0.25) is 0 Å². The highest BCUT2D eigenvalue weighted by atomic mass is 79.9. The molecule has 1 N–H and O–H groups in total. The van der Waals surface area contributed by atoms with Crippen LogP contribution in [0, 0.1) is 5.82 Å². The SMILES string of the molecule is O=C(NCc1ccc(Cl)cc1)c1cccc(F)c1Br. The Labute approximate surface area is 123 Å². The van der Waals surface area contributed by atoms with Crippen molar-refractivity contribution in [2.45, 2.75) is 6.54 Å². The highest BCUT2D eigenvalue weighted by Gasteiger charge is 2.12. The van der Waals surface area contributed by atoms with Crippen LogP contribution in [-0.2, 0) is 6.54 Å². The molecule has 19 heavy (non-hydrogen) atoms. The predicted molar refractivity (Wildman–Crippen MR) is 76.7 cm³/mol. The Morgan fingerprint density at radius 3 is 2.58 bits per heavy atom. The minimum absolute atomic E-state index is 0.170. The van der Waals surface area contributed by atoms with Gasteiger partial charge in [0.25, 0.3) is 5.91 Å². The van der Waals surface area contributed by atoms with Crippen LogP contribution in [0.3, 0.4) is 0 Å². The molecule has 0 heterocycles. The van der Waals surface area contributed by atoms with Crippen LogP contribution in [0.2, 0.25) is 5.02 Å². The fraction of sp³-hybridized carbons (Fsp3) is 0.0714. The molecular formula is C14H10BrClFNO. The molecule has 1 amide bonds. The fourth-order valence-corrected chi connectivity index (χ4v) is 2.13. The molecule has 0 aliphatic heterocycles. The van der Waals surface area contributed by atoms with Gasteiger partial charge in [-0.25, -0.2) is 4.39 Å². The molecule has 5 heteroatoms. The third kappa shape index (κ3) is 3.55. The third-order valence-electron chi connectivity index (χ3n) is 2.56. The van der Waals surface area contributed by atoms with Gasteiger partial charge in [0.05, 0.1) is 10.0 Å². The molecule has 2 aromatic rings. The Kier molecular flexibility index (Phi) is 4.56. The Balaban J connectivity index is 2.05. The van der Waals surface area contributed by atoms with E-state index in [1.54, 1.807) is 18.2 Å². The summed E-state index contributed by atoms with van der Waals surface area (Å²) in [4.78, 5) is 11.9. The van der Waals surface area contributed by atoms with E-state index < -0.39 is 5.82 Å². The molecule has 0 fully saturated rings. The number of nitrogens with one attached hydrogen (secondary N) is 1. The highest BCUT2D eigenvalue weighted by molar-refractivity contribution is 9.10. The zero-order chi connectivity index (χ0) is 13.8. The van der Waals surface area contributed by atoms with Gasteiger partial charge in [-0.05, 0) is 45.8 Å². The summed E-state index contributed by atoms with van der Waals surface area (Å²) in [5, 5.41) is 3.37. The van der Waals surface area contributed by atoms with Crippen LogP contribution < -0.4 is 5.32 Å². The van der Waals surface area contributed by atoms with Crippen molar-refractivity contribution in [2.75, 3.05) is 0 Å². The molecule has 0 aliphatic rings. The second kappa shape index (κ2) is 6.17. The van der Waals surface area contributed by atoms with Gasteiger partial charge in [-0.1, -0.05) is 29.8 Å². The number of rotatable bonds is 3. The second-order valence-electron chi connectivity index (χ2n) is 3.91. The minimum Gasteiger partial charge on any atom is -0.348 e. The van der Waals surface area contributed by atoms with Gasteiger partial charge in [0.1, 0.15) is 5.82 Å². The van der Waals surface area contributed by atoms with E-state index in [9.17, 15) is 9.18 Å². The maximum atomic E-state index is 13.3. The lowest BCUT2D eigenvalue weighted by molar-refractivity contribution is 0.0949. The van der Waals surface area contributed by atoms with E-state index in [4.69, 9.17) is 11.6 Å². The zero-order valence-electron chi connectivity index (χ0n) is 9.79. The third-order valence-corrected chi connectivity index (χ3v) is 3.62. The van der Waals surface area contributed by atoms with Crippen molar-refractivity contribution < 1.29 is 9.18 Å². The van der Waals surface area contributed by atoms with Crippen molar-refractivity contribution in [3.63, 3.8) is 0 Å². The number of carbonyl (C=O) groups excluding carboxylic acids is 1. The first-order valence-electron chi connectivity index (χ1n) is 5.54. The molecule has 0 unspecified atom stereocenters. The molecule has 2 rings (SSSR count). The normalized spacial score (nSPS) is 10.3. The lowest BCUT2D eigenvalue weighted by atomic mass is 10.2. The van der Waals surface area contributed by atoms with Crippen molar-refractivity contribution in [3.05, 3.63) is 68.9 Å². The molecule has 0 radical (unpaired) electrons. The van der Waals surface area contributed by atoms with Gasteiger partial charge in [-0.3, -0.25) is 4.79 Å². The van der Waals surface area contributed by atoms with Crippen LogP contribution in [0.5, 0.6) is 0 Å². The average Bonchev–Trinajstić information content (AvgIpc) is 2.41. The van der Waals surface area contributed by atoms with E-state index in [-0.39, 0.29) is 15.9 Å². The van der Waals surface area contributed by atoms with Crippen LogP contribution in [0.25, 0.3) is 0 Å². The first kappa shape index (κ1) is 14.0. The summed E-state index contributed by atoms with van der Waals surface area (Å²) >= 11 is 8.84. The van der Waals surface area contributed by atoms with E-state index in [2.05, 4.69) is 21.2 Å². The summed E-state index contributed by atoms with van der Waals surface area (Å²) in [6, 6.07) is 11.5. The number of benzene rings is 2. The molecular weight excluding hydrogens is 333 g/mol. The Morgan fingerprint density at radius 1 is 1.21 bits per heavy atom. The minimum atomic E-state index is -0.459. The van der Waals surface area contributed by atoms with Gasteiger partial charge in [-0.15, -0.1) is 0 Å². The Morgan fingerprint density at radius 2 is 1.89 bits per heavy atom. The Hall–Kier alpha value is -1.39. The molecule has 0 atom stereocenters. The number of hydrogen-bond acceptors (Lipinski definition) is 1. The van der Waals surface area contributed by atoms with Gasteiger partial charge in [0.15, 0.2) is 0 Å². The first-order valence-corrected chi connectivity index (χ1v) is 6.71. The van der Waals surface area contributed by atoms with Gasteiger partial charge in [-0.2, -0.15) is 0 Å². The maximum absolute atomic E-state index is 13.3. The summed E-state index contributed by atoms with van der Waals surface area (Å²) in [5.41, 5.74) is 1.19. The number of amides is 1. The zero-order valence-corrected chi connectivity index (χ0v) is 12.1. The number of halogens is 3. The van der Waals surface area contributed by atoms with Crippen molar-refractivity contribution in [1.29, 1.82) is 0 Å². The summed E-state index contributed by atoms with van der Waals surface area (Å²) in [6.45, 7) is 0.360. The molecule has 0 aliphatic carbocycles. The summed E-state index contributed by atoms with van der Waals surface area (Å²) < 4.78 is 13.5. The maximum Gasteiger partial charge on any atom is 0.252 e. The van der Waals surface area contributed by atoms with Crippen LogP contribution in [-0.4, -0.2) is 5.91 Å². The molecule has 0 saturated carbocycles. The van der Waals surface area contributed by atoms with Crippen LogP contribution in [0.15, 0.2) is 46.9 Å². The van der Waals surface area contributed by atoms with Gasteiger partial charge >= 0.3 is 0 Å². The van der Waals surface area contributed by atoms with Crippen LogP contribution in [0.4, 0.5) is 4.39 Å². The van der Waals surface area contributed by atoms with Crippen LogP contribution >= 0.6 is 27.5 Å². The van der Waals surface area contributed by atoms with E-state index in [1.165, 1.54) is 12.1 Å². The predicted octanol–water partition coefficient (Wildman–Crippen LogP) is 4.17. The average molecular weight is 343 g/mol. The summed E-state index contributed by atoms with van der Waals surface area (Å²) in [6.07, 6.45) is 0. The molecule has 98 valence electrons. The molecule has 2 aromatic carbocycles. The number of hydrogen-bond donors (Lipinski definition) is 1. The highest BCUT2D eigenvalue weighted by Crippen LogP contribution is 2.20. The molecule has 0 saturated heterocycles. The van der Waals surface area contributed by atoms with Crippen molar-refractivity contribution in [2.24, 2.45) is 0 Å². The lowest BCUT2D eigenvalue weighted by Crippen LogP contribution is -2.23. The topological polar surface area (TPSA) is 29.1 Å². The van der Waals surface area contributed by atoms with Crippen molar-refractivity contribution in [1.82, 2.24) is 5.32 Å². The fourth-order valence-electron chi connectivity index (χ4n) is 1.56.